The standard InChI is InChI=1S/C30H46N4O7/c1-6-9-20(35)15-16-23(33-29(40)41-30(3,4)5)28(39)34-17-18-11-8-12-21(18)24(34)26(37)32-22(10-7-2)25(36)27(38)31-19-13-14-19/h6,9,18-19,21-24H,7-8,10-17H2,1-5H3,(H,31,38)(H,32,37)(H,33,40)/t18-,21-,22-,23-,24-/m0/s1. The highest BCUT2D eigenvalue weighted by Crippen LogP contribution is 2.42. The first-order valence-electron chi connectivity index (χ1n) is 14.9. The number of ether oxygens (including phenoxy) is 1. The summed E-state index contributed by atoms with van der Waals surface area (Å²) in [4.78, 5) is 79.5. The number of Topliss-reactive ketones (excluding diaryl/α,β-unsaturated/α-hetero) is 1. The largest absolute Gasteiger partial charge is 0.444 e. The van der Waals surface area contributed by atoms with Crippen LogP contribution in [0.15, 0.2) is 12.2 Å². The van der Waals surface area contributed by atoms with Gasteiger partial charge in [0.15, 0.2) is 5.78 Å². The summed E-state index contributed by atoms with van der Waals surface area (Å²) in [6.07, 6.45) is 7.41. The van der Waals surface area contributed by atoms with Gasteiger partial charge in [0.2, 0.25) is 17.6 Å². The molecule has 1 saturated heterocycles. The number of amides is 4. The van der Waals surface area contributed by atoms with Crippen molar-refractivity contribution in [3.63, 3.8) is 0 Å². The zero-order valence-electron chi connectivity index (χ0n) is 25.0. The third-order valence-electron chi connectivity index (χ3n) is 7.81. The van der Waals surface area contributed by atoms with Crippen LogP contribution >= 0.6 is 0 Å². The molecule has 1 aliphatic heterocycles. The van der Waals surface area contributed by atoms with Gasteiger partial charge in [-0.3, -0.25) is 24.0 Å². The molecule has 0 spiro atoms. The number of rotatable bonds is 13. The predicted molar refractivity (Wildman–Crippen MR) is 152 cm³/mol. The fourth-order valence-electron chi connectivity index (χ4n) is 5.79. The van der Waals surface area contributed by atoms with Crippen molar-refractivity contribution in [1.29, 1.82) is 0 Å². The van der Waals surface area contributed by atoms with Crippen molar-refractivity contribution < 1.29 is 33.5 Å². The van der Waals surface area contributed by atoms with Crippen LogP contribution in [0.2, 0.25) is 0 Å². The molecule has 0 aromatic heterocycles. The molecule has 11 heteroatoms. The van der Waals surface area contributed by atoms with Crippen LogP contribution in [-0.4, -0.2) is 76.6 Å². The highest BCUT2D eigenvalue weighted by atomic mass is 16.6. The number of ketones is 2. The summed E-state index contributed by atoms with van der Waals surface area (Å²) in [6, 6.07) is -2.90. The Balaban J connectivity index is 1.80. The average molecular weight is 575 g/mol. The van der Waals surface area contributed by atoms with Gasteiger partial charge >= 0.3 is 6.09 Å². The lowest BCUT2D eigenvalue weighted by Gasteiger charge is -2.32. The smallest absolute Gasteiger partial charge is 0.408 e. The quantitative estimate of drug-likeness (QED) is 0.226. The van der Waals surface area contributed by atoms with Gasteiger partial charge in [-0.1, -0.05) is 25.8 Å². The Bertz CT molecular complexity index is 1050. The van der Waals surface area contributed by atoms with Crippen LogP contribution in [0.4, 0.5) is 4.79 Å². The number of hydrogen-bond acceptors (Lipinski definition) is 7. The van der Waals surface area contributed by atoms with Gasteiger partial charge in [-0.2, -0.15) is 0 Å². The van der Waals surface area contributed by atoms with E-state index in [0.29, 0.717) is 19.4 Å². The first-order valence-corrected chi connectivity index (χ1v) is 14.9. The Morgan fingerprint density at radius 1 is 0.976 bits per heavy atom. The Labute approximate surface area is 242 Å². The lowest BCUT2D eigenvalue weighted by Crippen LogP contribution is -2.57. The SMILES string of the molecule is CC=CC(=O)CC[C@H](NC(=O)OC(C)(C)C)C(=O)N1C[C@@H]2CCC[C@@H]2[C@H]1C(=O)N[C@@H](CCC)C(=O)C(=O)NC1CC1. The summed E-state index contributed by atoms with van der Waals surface area (Å²) in [6.45, 7) is 9.05. The molecular weight excluding hydrogens is 528 g/mol. The van der Waals surface area contributed by atoms with E-state index < -0.39 is 53.3 Å². The van der Waals surface area contributed by atoms with Crippen LogP contribution in [0.3, 0.4) is 0 Å². The van der Waals surface area contributed by atoms with Crippen LogP contribution in [0.1, 0.15) is 92.4 Å². The zero-order chi connectivity index (χ0) is 30.3. The van der Waals surface area contributed by atoms with Gasteiger partial charge < -0.3 is 25.6 Å². The molecule has 0 unspecified atom stereocenters. The Morgan fingerprint density at radius 2 is 1.68 bits per heavy atom. The highest BCUT2D eigenvalue weighted by molar-refractivity contribution is 6.38. The normalized spacial score (nSPS) is 23.4. The van der Waals surface area contributed by atoms with E-state index in [2.05, 4.69) is 16.0 Å². The molecule has 2 aliphatic carbocycles. The summed E-state index contributed by atoms with van der Waals surface area (Å²) < 4.78 is 5.37. The molecule has 3 N–H and O–H groups in total. The van der Waals surface area contributed by atoms with Gasteiger partial charge in [-0.15, -0.1) is 0 Å². The van der Waals surface area contributed by atoms with Crippen LogP contribution < -0.4 is 16.0 Å². The minimum atomic E-state index is -1.08. The minimum absolute atomic E-state index is 0.0146. The summed E-state index contributed by atoms with van der Waals surface area (Å²) in [7, 11) is 0. The topological polar surface area (TPSA) is 151 Å². The molecule has 0 aromatic carbocycles. The second-order valence-corrected chi connectivity index (χ2v) is 12.5. The molecule has 0 bridgehead atoms. The number of alkyl carbamates (subject to hydrolysis) is 1. The molecule has 41 heavy (non-hydrogen) atoms. The molecule has 3 rings (SSSR count). The molecule has 1 heterocycles. The van der Waals surface area contributed by atoms with Crippen LogP contribution in [0, 0.1) is 11.8 Å². The van der Waals surface area contributed by atoms with Gasteiger partial charge in [0.25, 0.3) is 5.91 Å². The van der Waals surface area contributed by atoms with E-state index in [1.807, 2.05) is 6.92 Å². The maximum absolute atomic E-state index is 14.0. The molecule has 3 aliphatic rings. The monoisotopic (exact) mass is 574 g/mol. The summed E-state index contributed by atoms with van der Waals surface area (Å²) in [5, 5.41) is 8.11. The maximum Gasteiger partial charge on any atom is 0.408 e. The Kier molecular flexibility index (Phi) is 11.1. The first kappa shape index (κ1) is 32.3. The number of carbonyl (C=O) groups is 6. The average Bonchev–Trinajstić information content (AvgIpc) is 3.45. The van der Waals surface area contributed by atoms with Crippen LogP contribution in [0.5, 0.6) is 0 Å². The highest BCUT2D eigenvalue weighted by Gasteiger charge is 2.51. The maximum atomic E-state index is 14.0. The van der Waals surface area contributed by atoms with Crippen molar-refractivity contribution in [2.45, 2.75) is 122 Å². The Morgan fingerprint density at radius 3 is 2.29 bits per heavy atom. The van der Waals surface area contributed by atoms with Gasteiger partial charge in [0.1, 0.15) is 17.7 Å². The number of carbonyl (C=O) groups excluding carboxylic acids is 6. The number of fused-ring (bicyclic) bond motifs is 1. The van der Waals surface area contributed by atoms with E-state index in [4.69, 9.17) is 4.74 Å². The molecule has 3 fully saturated rings. The van der Waals surface area contributed by atoms with Gasteiger partial charge in [-0.25, -0.2) is 4.79 Å². The second-order valence-electron chi connectivity index (χ2n) is 12.5. The van der Waals surface area contributed by atoms with E-state index in [1.54, 1.807) is 33.8 Å². The van der Waals surface area contributed by atoms with E-state index >= 15 is 0 Å². The van der Waals surface area contributed by atoms with Crippen LogP contribution in [0.25, 0.3) is 0 Å². The van der Waals surface area contributed by atoms with Crippen molar-refractivity contribution in [3.05, 3.63) is 12.2 Å². The molecule has 11 nitrogen and oxygen atoms in total. The lowest BCUT2D eigenvalue weighted by atomic mass is 9.92. The molecule has 0 radical (unpaired) electrons. The summed E-state index contributed by atoms with van der Waals surface area (Å²) in [5.41, 5.74) is -0.793. The molecule has 5 atom stereocenters. The molecule has 228 valence electrons. The third kappa shape index (κ3) is 9.13. The van der Waals surface area contributed by atoms with Crippen molar-refractivity contribution in [2.24, 2.45) is 11.8 Å². The summed E-state index contributed by atoms with van der Waals surface area (Å²) >= 11 is 0. The molecule has 2 saturated carbocycles. The Hall–Kier alpha value is -3.24. The van der Waals surface area contributed by atoms with Crippen molar-refractivity contribution in [1.82, 2.24) is 20.9 Å². The number of nitrogens with one attached hydrogen (secondary N) is 3. The fraction of sp³-hybridized carbons (Fsp3) is 0.733. The van der Waals surface area contributed by atoms with Gasteiger partial charge in [0, 0.05) is 19.0 Å². The van der Waals surface area contributed by atoms with E-state index in [0.717, 1.165) is 32.1 Å². The molecular formula is C30H46N4O7. The van der Waals surface area contributed by atoms with E-state index in [1.165, 1.54) is 11.0 Å². The van der Waals surface area contributed by atoms with E-state index in [9.17, 15) is 28.8 Å². The number of allylic oxidation sites excluding steroid dienone is 2. The fourth-order valence-corrected chi connectivity index (χ4v) is 5.79. The summed E-state index contributed by atoms with van der Waals surface area (Å²) in [5.74, 6) is -2.49. The lowest BCUT2D eigenvalue weighted by molar-refractivity contribution is -0.143. The number of nitrogens with zero attached hydrogens (tertiary/aromatic N) is 1. The molecule has 0 aromatic rings. The number of hydrogen-bond donors (Lipinski definition) is 3. The third-order valence-corrected chi connectivity index (χ3v) is 7.81. The van der Waals surface area contributed by atoms with Gasteiger partial charge in [-0.05, 0) is 84.1 Å². The second kappa shape index (κ2) is 14.1. The van der Waals surface area contributed by atoms with Gasteiger partial charge in [0.05, 0.1) is 6.04 Å². The zero-order valence-corrected chi connectivity index (χ0v) is 25.0. The molecule has 4 amide bonds. The van der Waals surface area contributed by atoms with Crippen molar-refractivity contribution in [2.75, 3.05) is 6.54 Å². The van der Waals surface area contributed by atoms with Crippen LogP contribution in [-0.2, 0) is 28.7 Å². The van der Waals surface area contributed by atoms with E-state index in [-0.39, 0.29) is 36.5 Å². The van der Waals surface area contributed by atoms with Crippen molar-refractivity contribution in [3.8, 4) is 0 Å². The van der Waals surface area contributed by atoms with Crippen molar-refractivity contribution >= 4 is 35.4 Å². The minimum Gasteiger partial charge on any atom is -0.444 e. The first-order chi connectivity index (χ1) is 19.3. The number of likely N-dealkylation sites (tertiary alicyclic amines) is 1. The predicted octanol–water partition coefficient (Wildman–Crippen LogP) is 2.56.